The minimum absolute atomic E-state index is 0.0533. The number of carbonyl (C=O) groups excluding carboxylic acids is 1. The van der Waals surface area contributed by atoms with Crippen molar-refractivity contribution in [3.05, 3.63) is 48.0 Å². The number of H-pyrrole nitrogens is 1. The van der Waals surface area contributed by atoms with Crippen molar-refractivity contribution in [2.45, 2.75) is 26.3 Å². The average molecular weight is 273 g/mol. The van der Waals surface area contributed by atoms with Crippen LogP contribution in [0.1, 0.15) is 30.8 Å². The smallest absolute Gasteiger partial charge is 0.224 e. The summed E-state index contributed by atoms with van der Waals surface area (Å²) in [5, 5.41) is 2.87. The maximum absolute atomic E-state index is 11.8. The Morgan fingerprint density at radius 2 is 2.25 bits per heavy atom. The number of rotatable bonds is 6. The molecule has 1 atom stereocenters. The second kappa shape index (κ2) is 6.75. The summed E-state index contributed by atoms with van der Waals surface area (Å²) in [4.78, 5) is 18.9. The average Bonchev–Trinajstić information content (AvgIpc) is 2.95. The Kier molecular flexibility index (Phi) is 4.76. The second-order valence-corrected chi connectivity index (χ2v) is 4.63. The van der Waals surface area contributed by atoms with Gasteiger partial charge in [0.15, 0.2) is 0 Å². The molecule has 5 heteroatoms. The van der Waals surface area contributed by atoms with E-state index in [1.54, 1.807) is 12.4 Å². The van der Waals surface area contributed by atoms with Gasteiger partial charge in [-0.2, -0.15) is 0 Å². The first-order valence-electron chi connectivity index (χ1n) is 6.64. The Labute approximate surface area is 118 Å². The number of nitrogens with one attached hydrogen (secondary N) is 2. The Morgan fingerprint density at radius 3 is 2.95 bits per heavy atom. The van der Waals surface area contributed by atoms with Crippen LogP contribution >= 0.6 is 0 Å². The van der Waals surface area contributed by atoms with Gasteiger partial charge >= 0.3 is 0 Å². The van der Waals surface area contributed by atoms with Crippen LogP contribution in [-0.2, 0) is 4.79 Å². The van der Waals surface area contributed by atoms with Gasteiger partial charge in [0.1, 0.15) is 11.6 Å². The minimum Gasteiger partial charge on any atom is -0.493 e. The van der Waals surface area contributed by atoms with Gasteiger partial charge in [0.05, 0.1) is 19.1 Å². The third-order valence-corrected chi connectivity index (χ3v) is 2.99. The van der Waals surface area contributed by atoms with Crippen molar-refractivity contribution in [2.75, 3.05) is 6.61 Å². The quantitative estimate of drug-likeness (QED) is 0.849. The summed E-state index contributed by atoms with van der Waals surface area (Å²) in [5.74, 6) is 1.51. The van der Waals surface area contributed by atoms with Crippen LogP contribution in [0.3, 0.4) is 0 Å². The molecule has 0 radical (unpaired) electrons. The highest BCUT2D eigenvalue weighted by Crippen LogP contribution is 2.16. The second-order valence-electron chi connectivity index (χ2n) is 4.63. The molecular formula is C15H19N3O2. The van der Waals surface area contributed by atoms with Crippen molar-refractivity contribution in [3.63, 3.8) is 0 Å². The van der Waals surface area contributed by atoms with Crippen LogP contribution in [0.5, 0.6) is 5.75 Å². The highest BCUT2D eigenvalue weighted by atomic mass is 16.5. The Balaban J connectivity index is 1.74. The van der Waals surface area contributed by atoms with Gasteiger partial charge in [-0.25, -0.2) is 4.98 Å². The first kappa shape index (κ1) is 14.1. The number of para-hydroxylation sites is 1. The van der Waals surface area contributed by atoms with Gasteiger partial charge in [0, 0.05) is 12.4 Å². The molecular weight excluding hydrogens is 254 g/mol. The van der Waals surface area contributed by atoms with Gasteiger partial charge in [0.25, 0.3) is 0 Å². The van der Waals surface area contributed by atoms with Gasteiger partial charge in [-0.05, 0) is 25.5 Å². The molecule has 0 bridgehead atoms. The molecule has 106 valence electrons. The van der Waals surface area contributed by atoms with Crippen LogP contribution in [-0.4, -0.2) is 22.5 Å². The Bertz CT molecular complexity index is 552. The van der Waals surface area contributed by atoms with E-state index in [2.05, 4.69) is 15.3 Å². The number of carbonyl (C=O) groups is 1. The number of nitrogens with zero attached hydrogens (tertiary/aromatic N) is 1. The van der Waals surface area contributed by atoms with E-state index in [0.717, 1.165) is 17.1 Å². The normalized spacial score (nSPS) is 11.9. The molecule has 0 saturated carbocycles. The molecule has 1 aromatic heterocycles. The molecule has 5 nitrogen and oxygen atoms in total. The van der Waals surface area contributed by atoms with E-state index in [4.69, 9.17) is 4.74 Å². The lowest BCUT2D eigenvalue weighted by atomic mass is 10.2. The molecule has 2 N–H and O–H groups in total. The topological polar surface area (TPSA) is 67.0 Å². The van der Waals surface area contributed by atoms with E-state index in [1.807, 2.05) is 38.1 Å². The van der Waals surface area contributed by atoms with Crippen molar-refractivity contribution < 1.29 is 9.53 Å². The third kappa shape index (κ3) is 3.85. The molecule has 20 heavy (non-hydrogen) atoms. The van der Waals surface area contributed by atoms with Crippen LogP contribution < -0.4 is 10.1 Å². The molecule has 2 aromatic rings. The fourth-order valence-corrected chi connectivity index (χ4v) is 1.87. The lowest BCUT2D eigenvalue weighted by Gasteiger charge is -2.12. The summed E-state index contributed by atoms with van der Waals surface area (Å²) in [6.07, 6.45) is 3.72. The van der Waals surface area contributed by atoms with Crippen molar-refractivity contribution in [1.29, 1.82) is 0 Å². The van der Waals surface area contributed by atoms with E-state index in [1.165, 1.54) is 0 Å². The van der Waals surface area contributed by atoms with Crippen molar-refractivity contribution in [3.8, 4) is 5.75 Å². The van der Waals surface area contributed by atoms with Crippen molar-refractivity contribution >= 4 is 5.91 Å². The van der Waals surface area contributed by atoms with E-state index >= 15 is 0 Å². The van der Waals surface area contributed by atoms with Gasteiger partial charge < -0.3 is 15.0 Å². The summed E-state index contributed by atoms with van der Waals surface area (Å²) >= 11 is 0. The molecule has 1 heterocycles. The number of hydrogen-bond donors (Lipinski definition) is 2. The summed E-state index contributed by atoms with van der Waals surface area (Å²) in [6, 6.07) is 7.63. The summed E-state index contributed by atoms with van der Waals surface area (Å²) in [6.45, 7) is 4.23. The first-order chi connectivity index (χ1) is 9.66. The van der Waals surface area contributed by atoms with Crippen LogP contribution in [0.2, 0.25) is 0 Å². The number of aromatic amines is 1. The van der Waals surface area contributed by atoms with Crippen LogP contribution in [0.4, 0.5) is 0 Å². The number of hydrogen-bond acceptors (Lipinski definition) is 3. The molecule has 0 fully saturated rings. The van der Waals surface area contributed by atoms with Gasteiger partial charge in [0.2, 0.25) is 5.91 Å². The molecule has 0 saturated heterocycles. The number of benzene rings is 1. The fourth-order valence-electron chi connectivity index (χ4n) is 1.87. The monoisotopic (exact) mass is 273 g/mol. The number of amides is 1. The first-order valence-corrected chi connectivity index (χ1v) is 6.64. The fraction of sp³-hybridized carbons (Fsp3) is 0.333. The van der Waals surface area contributed by atoms with E-state index < -0.39 is 0 Å². The minimum atomic E-state index is -0.129. The lowest BCUT2D eigenvalue weighted by Crippen LogP contribution is -2.28. The standard InChI is InChI=1S/C15H19N3O2/c1-11-5-3-4-6-13(11)20-10-7-14(19)18-12(2)15-16-8-9-17-15/h3-6,8-9,12H,7,10H2,1-2H3,(H,16,17)(H,18,19). The number of aromatic nitrogens is 2. The van der Waals surface area contributed by atoms with Gasteiger partial charge in [-0.15, -0.1) is 0 Å². The molecule has 0 aliphatic rings. The summed E-state index contributed by atoms with van der Waals surface area (Å²) in [7, 11) is 0. The molecule has 0 aliphatic carbocycles. The van der Waals surface area contributed by atoms with E-state index in [0.29, 0.717) is 13.0 Å². The molecule has 2 rings (SSSR count). The lowest BCUT2D eigenvalue weighted by molar-refractivity contribution is -0.122. The number of ether oxygens (including phenoxy) is 1. The zero-order valence-corrected chi connectivity index (χ0v) is 11.7. The van der Waals surface area contributed by atoms with Gasteiger partial charge in [-0.3, -0.25) is 4.79 Å². The van der Waals surface area contributed by atoms with E-state index in [9.17, 15) is 4.79 Å². The SMILES string of the molecule is Cc1ccccc1OCCC(=O)NC(C)c1ncc[nH]1. The highest BCUT2D eigenvalue weighted by Gasteiger charge is 2.11. The zero-order valence-electron chi connectivity index (χ0n) is 11.7. The Hall–Kier alpha value is -2.30. The van der Waals surface area contributed by atoms with E-state index in [-0.39, 0.29) is 11.9 Å². The molecule has 1 aromatic carbocycles. The van der Waals surface area contributed by atoms with Crippen molar-refractivity contribution in [2.24, 2.45) is 0 Å². The maximum atomic E-state index is 11.8. The summed E-state index contributed by atoms with van der Waals surface area (Å²) in [5.41, 5.74) is 1.07. The molecule has 1 amide bonds. The molecule has 0 aliphatic heterocycles. The van der Waals surface area contributed by atoms with Crippen LogP contribution in [0.25, 0.3) is 0 Å². The Morgan fingerprint density at radius 1 is 1.45 bits per heavy atom. The van der Waals surface area contributed by atoms with Crippen LogP contribution in [0, 0.1) is 6.92 Å². The largest absolute Gasteiger partial charge is 0.493 e. The number of imidazole rings is 1. The van der Waals surface area contributed by atoms with Crippen LogP contribution in [0.15, 0.2) is 36.7 Å². The predicted octanol–water partition coefficient (Wildman–Crippen LogP) is 2.36. The number of aryl methyl sites for hydroxylation is 1. The zero-order chi connectivity index (χ0) is 14.4. The predicted molar refractivity (Wildman–Crippen MR) is 76.4 cm³/mol. The maximum Gasteiger partial charge on any atom is 0.224 e. The third-order valence-electron chi connectivity index (χ3n) is 2.99. The molecule has 1 unspecified atom stereocenters. The van der Waals surface area contributed by atoms with Gasteiger partial charge in [-0.1, -0.05) is 18.2 Å². The molecule has 0 spiro atoms. The summed E-state index contributed by atoms with van der Waals surface area (Å²) < 4.78 is 5.60. The van der Waals surface area contributed by atoms with Crippen molar-refractivity contribution in [1.82, 2.24) is 15.3 Å². The highest BCUT2D eigenvalue weighted by molar-refractivity contribution is 5.76.